The van der Waals surface area contributed by atoms with E-state index in [1.807, 2.05) is 20.8 Å². The first-order chi connectivity index (χ1) is 12.0. The summed E-state index contributed by atoms with van der Waals surface area (Å²) >= 11 is 1.28. The molecule has 0 saturated carbocycles. The van der Waals surface area contributed by atoms with Gasteiger partial charge >= 0.3 is 6.09 Å². The standard InChI is InChI=1S/C17H31N3O5S/c1-7-20(16(23)25-17(4,5)6)15-19-11-13(22)12(21)10(8-18-9(2)3)24-14(11)26-15/h9-14,18,21-22H,7-8H2,1-6H3/t10-,11-,12-,13-,14-/m1/s1. The van der Waals surface area contributed by atoms with E-state index in [2.05, 4.69) is 10.3 Å². The molecule has 150 valence electrons. The van der Waals surface area contributed by atoms with E-state index >= 15 is 0 Å². The number of carbonyl (C=O) groups excluding carboxylic acids is 1. The third-order valence-electron chi connectivity index (χ3n) is 4.04. The van der Waals surface area contributed by atoms with Crippen LogP contribution in [0.2, 0.25) is 0 Å². The van der Waals surface area contributed by atoms with Crippen molar-refractivity contribution in [2.45, 2.75) is 83.0 Å². The van der Waals surface area contributed by atoms with E-state index in [0.29, 0.717) is 18.3 Å². The summed E-state index contributed by atoms with van der Waals surface area (Å²) in [5.41, 5.74) is -1.06. The first-order valence-corrected chi connectivity index (χ1v) is 9.91. The molecular formula is C17H31N3O5S. The van der Waals surface area contributed by atoms with Crippen molar-refractivity contribution in [3.63, 3.8) is 0 Å². The van der Waals surface area contributed by atoms with Crippen LogP contribution in [-0.2, 0) is 9.47 Å². The summed E-state index contributed by atoms with van der Waals surface area (Å²) < 4.78 is 11.4. The Balaban J connectivity index is 2.08. The fraction of sp³-hybridized carbons (Fsp3) is 0.882. The van der Waals surface area contributed by atoms with Gasteiger partial charge in [0.25, 0.3) is 0 Å². The number of thioether (sulfide) groups is 1. The lowest BCUT2D eigenvalue weighted by molar-refractivity contribution is -0.151. The van der Waals surface area contributed by atoms with Crippen LogP contribution in [0, 0.1) is 0 Å². The van der Waals surface area contributed by atoms with Gasteiger partial charge < -0.3 is 25.0 Å². The van der Waals surface area contributed by atoms with Gasteiger partial charge in [0.2, 0.25) is 0 Å². The fourth-order valence-corrected chi connectivity index (χ4v) is 4.01. The second-order valence-corrected chi connectivity index (χ2v) is 8.90. The molecule has 26 heavy (non-hydrogen) atoms. The second kappa shape index (κ2) is 8.43. The molecule has 1 saturated heterocycles. The minimum atomic E-state index is -1.05. The Labute approximate surface area is 159 Å². The molecule has 0 bridgehead atoms. The van der Waals surface area contributed by atoms with Crippen molar-refractivity contribution in [2.75, 3.05) is 13.1 Å². The van der Waals surface area contributed by atoms with Gasteiger partial charge in [-0.15, -0.1) is 0 Å². The van der Waals surface area contributed by atoms with Crippen LogP contribution in [0.1, 0.15) is 41.5 Å². The Kier molecular flexibility index (Phi) is 6.95. The molecule has 5 atom stereocenters. The number of ether oxygens (including phenoxy) is 2. The number of aliphatic hydroxyl groups is 2. The molecular weight excluding hydrogens is 358 g/mol. The van der Waals surface area contributed by atoms with E-state index in [-0.39, 0.29) is 6.04 Å². The van der Waals surface area contributed by atoms with E-state index in [4.69, 9.17) is 9.47 Å². The zero-order valence-corrected chi connectivity index (χ0v) is 17.1. The minimum absolute atomic E-state index is 0.242. The molecule has 0 aromatic heterocycles. The quantitative estimate of drug-likeness (QED) is 0.663. The van der Waals surface area contributed by atoms with E-state index < -0.39 is 41.5 Å². The van der Waals surface area contributed by atoms with E-state index in [9.17, 15) is 15.0 Å². The van der Waals surface area contributed by atoms with Gasteiger partial charge in [0.15, 0.2) is 5.17 Å². The van der Waals surface area contributed by atoms with Gasteiger partial charge in [-0.05, 0) is 27.7 Å². The molecule has 2 heterocycles. The molecule has 2 aliphatic heterocycles. The maximum Gasteiger partial charge on any atom is 0.416 e. The summed E-state index contributed by atoms with van der Waals surface area (Å²) in [5, 5.41) is 24.5. The molecule has 0 unspecified atom stereocenters. The Hall–Kier alpha value is -0.870. The molecule has 2 rings (SSSR count). The van der Waals surface area contributed by atoms with Crippen molar-refractivity contribution >= 4 is 23.0 Å². The molecule has 2 aliphatic rings. The lowest BCUT2D eigenvalue weighted by Crippen LogP contribution is -2.57. The number of hydrogen-bond donors (Lipinski definition) is 3. The lowest BCUT2D eigenvalue weighted by Gasteiger charge is -2.38. The molecule has 0 radical (unpaired) electrons. The van der Waals surface area contributed by atoms with Gasteiger partial charge in [0, 0.05) is 19.1 Å². The number of hydrogen-bond acceptors (Lipinski definition) is 8. The molecule has 0 spiro atoms. The second-order valence-electron chi connectivity index (χ2n) is 7.83. The number of aliphatic hydroxyl groups excluding tert-OH is 2. The number of rotatable bonds is 4. The van der Waals surface area contributed by atoms with Crippen LogP contribution in [0.15, 0.2) is 4.99 Å². The third kappa shape index (κ3) is 5.10. The first kappa shape index (κ1) is 21.4. The Bertz CT molecular complexity index is 537. The molecule has 0 aromatic rings. The summed E-state index contributed by atoms with van der Waals surface area (Å²) in [4.78, 5) is 18.3. The highest BCUT2D eigenvalue weighted by molar-refractivity contribution is 8.14. The highest BCUT2D eigenvalue weighted by atomic mass is 32.2. The maximum absolute atomic E-state index is 12.4. The summed E-state index contributed by atoms with van der Waals surface area (Å²) in [7, 11) is 0. The van der Waals surface area contributed by atoms with Crippen LogP contribution in [0.5, 0.6) is 0 Å². The van der Waals surface area contributed by atoms with E-state index in [0.717, 1.165) is 0 Å². The van der Waals surface area contributed by atoms with Gasteiger partial charge in [-0.1, -0.05) is 25.6 Å². The highest BCUT2D eigenvalue weighted by Gasteiger charge is 2.49. The van der Waals surface area contributed by atoms with Crippen LogP contribution >= 0.6 is 11.8 Å². The number of aliphatic imine (C=N–C) groups is 1. The Morgan fingerprint density at radius 2 is 2.04 bits per heavy atom. The molecule has 0 aliphatic carbocycles. The summed E-state index contributed by atoms with van der Waals surface area (Å²) in [6, 6.07) is -0.372. The van der Waals surface area contributed by atoms with Gasteiger partial charge in [-0.3, -0.25) is 9.89 Å². The average molecular weight is 390 g/mol. The number of carbonyl (C=O) groups is 1. The van der Waals surface area contributed by atoms with Crippen molar-refractivity contribution in [3.8, 4) is 0 Å². The molecule has 3 N–H and O–H groups in total. The van der Waals surface area contributed by atoms with Gasteiger partial charge in [-0.2, -0.15) is 0 Å². The van der Waals surface area contributed by atoms with Crippen molar-refractivity contribution in [2.24, 2.45) is 4.99 Å². The SMILES string of the molecule is CCN(C(=O)OC(C)(C)C)C1=N[C@@H]2[C@@H](O)[C@H](O)[C@@H](CNC(C)C)O[C@@H]2S1. The lowest BCUT2D eigenvalue weighted by atomic mass is 9.98. The van der Waals surface area contributed by atoms with Crippen molar-refractivity contribution in [1.82, 2.24) is 10.2 Å². The highest BCUT2D eigenvalue weighted by Crippen LogP contribution is 2.37. The molecule has 0 aromatic carbocycles. The zero-order valence-electron chi connectivity index (χ0n) is 16.3. The van der Waals surface area contributed by atoms with Crippen LogP contribution in [-0.4, -0.2) is 80.9 Å². The smallest absolute Gasteiger partial charge is 0.416 e. The largest absolute Gasteiger partial charge is 0.443 e. The first-order valence-electron chi connectivity index (χ1n) is 9.03. The van der Waals surface area contributed by atoms with Gasteiger partial charge in [0.1, 0.15) is 35.4 Å². The predicted molar refractivity (Wildman–Crippen MR) is 101 cm³/mol. The minimum Gasteiger partial charge on any atom is -0.443 e. The zero-order chi connectivity index (χ0) is 19.6. The maximum atomic E-state index is 12.4. The van der Waals surface area contributed by atoms with Crippen LogP contribution in [0.3, 0.4) is 0 Å². The Morgan fingerprint density at radius 3 is 2.58 bits per heavy atom. The van der Waals surface area contributed by atoms with Crippen LogP contribution in [0.4, 0.5) is 4.79 Å². The summed E-state index contributed by atoms with van der Waals surface area (Å²) in [6.07, 6.45) is -3.11. The topological polar surface area (TPSA) is 104 Å². The normalized spacial score (nSPS) is 31.6. The van der Waals surface area contributed by atoms with E-state index in [1.165, 1.54) is 16.7 Å². The number of amidine groups is 1. The summed E-state index contributed by atoms with van der Waals surface area (Å²) in [6.45, 7) is 12.1. The number of fused-ring (bicyclic) bond motifs is 1. The molecule has 8 nitrogen and oxygen atoms in total. The predicted octanol–water partition coefficient (Wildman–Crippen LogP) is 1.16. The van der Waals surface area contributed by atoms with Gasteiger partial charge in [-0.25, -0.2) is 4.79 Å². The van der Waals surface area contributed by atoms with Crippen molar-refractivity contribution < 1.29 is 24.5 Å². The Morgan fingerprint density at radius 1 is 1.38 bits per heavy atom. The van der Waals surface area contributed by atoms with Crippen molar-refractivity contribution in [1.29, 1.82) is 0 Å². The number of amides is 1. The van der Waals surface area contributed by atoms with Crippen molar-refractivity contribution in [3.05, 3.63) is 0 Å². The van der Waals surface area contributed by atoms with Gasteiger partial charge in [0.05, 0.1) is 0 Å². The molecule has 9 heteroatoms. The summed E-state index contributed by atoms with van der Waals surface area (Å²) in [5.74, 6) is 0. The van der Waals surface area contributed by atoms with Crippen LogP contribution in [0.25, 0.3) is 0 Å². The molecule has 1 amide bonds. The third-order valence-corrected chi connectivity index (χ3v) is 5.20. The average Bonchev–Trinajstić information content (AvgIpc) is 2.92. The molecule has 1 fully saturated rings. The number of nitrogens with zero attached hydrogens (tertiary/aromatic N) is 2. The number of nitrogens with one attached hydrogen (secondary N) is 1. The monoisotopic (exact) mass is 389 g/mol. The fourth-order valence-electron chi connectivity index (χ4n) is 2.73. The van der Waals surface area contributed by atoms with E-state index in [1.54, 1.807) is 20.8 Å². The van der Waals surface area contributed by atoms with Crippen LogP contribution < -0.4 is 5.32 Å².